The summed E-state index contributed by atoms with van der Waals surface area (Å²) in [5.74, 6) is 0.427. The number of anilines is 2. The second kappa shape index (κ2) is 2.64. The fraction of sp³-hybridized carbons (Fsp3) is 0.375. The SMILES string of the molecule is Nc1cc2c(nc1N)CCOC2. The van der Waals surface area contributed by atoms with Crippen molar-refractivity contribution >= 4 is 11.5 Å². The Labute approximate surface area is 70.5 Å². The third kappa shape index (κ3) is 1.10. The van der Waals surface area contributed by atoms with Crippen molar-refractivity contribution in [3.8, 4) is 0 Å². The molecule has 0 bridgehead atoms. The number of hydrogen-bond donors (Lipinski definition) is 2. The van der Waals surface area contributed by atoms with E-state index in [4.69, 9.17) is 16.2 Å². The molecule has 0 saturated carbocycles. The number of hydrogen-bond acceptors (Lipinski definition) is 4. The number of ether oxygens (including phenoxy) is 1. The number of nitrogens with two attached hydrogens (primary N) is 2. The topological polar surface area (TPSA) is 74.2 Å². The molecule has 1 aliphatic rings. The highest BCUT2D eigenvalue weighted by molar-refractivity contribution is 5.60. The first-order chi connectivity index (χ1) is 5.77. The molecule has 0 fully saturated rings. The summed E-state index contributed by atoms with van der Waals surface area (Å²) in [5, 5.41) is 0. The lowest BCUT2D eigenvalue weighted by Gasteiger charge is -2.16. The lowest BCUT2D eigenvalue weighted by molar-refractivity contribution is 0.109. The van der Waals surface area contributed by atoms with Crippen LogP contribution in [0.4, 0.5) is 11.5 Å². The van der Waals surface area contributed by atoms with E-state index in [1.165, 1.54) is 0 Å². The fourth-order valence-electron chi connectivity index (χ4n) is 1.32. The van der Waals surface area contributed by atoms with E-state index in [0.29, 0.717) is 18.1 Å². The monoisotopic (exact) mass is 165 g/mol. The van der Waals surface area contributed by atoms with Crippen molar-refractivity contribution in [2.75, 3.05) is 18.1 Å². The molecule has 0 aromatic carbocycles. The Morgan fingerprint density at radius 1 is 1.42 bits per heavy atom. The smallest absolute Gasteiger partial charge is 0.146 e. The molecule has 12 heavy (non-hydrogen) atoms. The van der Waals surface area contributed by atoms with Crippen molar-refractivity contribution in [2.24, 2.45) is 0 Å². The van der Waals surface area contributed by atoms with E-state index in [9.17, 15) is 0 Å². The van der Waals surface area contributed by atoms with Gasteiger partial charge in [-0.15, -0.1) is 0 Å². The molecular weight excluding hydrogens is 154 g/mol. The second-order valence-corrected chi connectivity index (χ2v) is 2.87. The first-order valence-electron chi connectivity index (χ1n) is 3.89. The zero-order valence-electron chi connectivity index (χ0n) is 6.71. The van der Waals surface area contributed by atoms with Gasteiger partial charge < -0.3 is 16.2 Å². The maximum atomic E-state index is 5.60. The van der Waals surface area contributed by atoms with E-state index < -0.39 is 0 Å². The van der Waals surface area contributed by atoms with Crippen LogP contribution in [0.25, 0.3) is 0 Å². The van der Waals surface area contributed by atoms with E-state index in [-0.39, 0.29) is 0 Å². The molecule has 64 valence electrons. The van der Waals surface area contributed by atoms with Crippen LogP contribution in [0.2, 0.25) is 0 Å². The predicted molar refractivity (Wildman–Crippen MR) is 46.4 cm³/mol. The van der Waals surface area contributed by atoms with Gasteiger partial charge in [-0.1, -0.05) is 0 Å². The molecule has 4 heteroatoms. The standard InChI is InChI=1S/C8H11N3O/c9-6-3-5-4-12-2-1-7(5)11-8(6)10/h3H,1-2,4,9H2,(H2,10,11). The third-order valence-corrected chi connectivity index (χ3v) is 1.99. The Bertz CT molecular complexity index is 280. The van der Waals surface area contributed by atoms with Crippen molar-refractivity contribution in [3.63, 3.8) is 0 Å². The average molecular weight is 165 g/mol. The van der Waals surface area contributed by atoms with E-state index in [1.807, 2.05) is 6.07 Å². The first kappa shape index (κ1) is 7.36. The maximum absolute atomic E-state index is 5.60. The molecule has 0 spiro atoms. The van der Waals surface area contributed by atoms with Crippen LogP contribution in [0.1, 0.15) is 11.3 Å². The van der Waals surface area contributed by atoms with Crippen LogP contribution in [0, 0.1) is 0 Å². The molecule has 0 atom stereocenters. The summed E-state index contributed by atoms with van der Waals surface area (Å²) in [7, 11) is 0. The molecule has 0 saturated heterocycles. The normalized spacial score (nSPS) is 15.7. The summed E-state index contributed by atoms with van der Waals surface area (Å²) in [6, 6.07) is 1.84. The van der Waals surface area contributed by atoms with Crippen LogP contribution >= 0.6 is 0 Å². The molecule has 0 amide bonds. The van der Waals surface area contributed by atoms with E-state index >= 15 is 0 Å². The fourth-order valence-corrected chi connectivity index (χ4v) is 1.32. The Hall–Kier alpha value is -1.29. The minimum atomic E-state index is 0.427. The summed E-state index contributed by atoms with van der Waals surface area (Å²) in [6.07, 6.45) is 0.833. The van der Waals surface area contributed by atoms with Gasteiger partial charge >= 0.3 is 0 Å². The Morgan fingerprint density at radius 2 is 2.25 bits per heavy atom. The zero-order valence-corrected chi connectivity index (χ0v) is 6.71. The van der Waals surface area contributed by atoms with Crippen molar-refractivity contribution in [1.29, 1.82) is 0 Å². The molecule has 1 aliphatic heterocycles. The minimum absolute atomic E-state index is 0.427. The van der Waals surface area contributed by atoms with Gasteiger partial charge in [0, 0.05) is 12.0 Å². The van der Waals surface area contributed by atoms with Crippen molar-refractivity contribution < 1.29 is 4.74 Å². The second-order valence-electron chi connectivity index (χ2n) is 2.87. The highest BCUT2D eigenvalue weighted by Gasteiger charge is 2.12. The molecule has 0 radical (unpaired) electrons. The number of aromatic nitrogens is 1. The van der Waals surface area contributed by atoms with Gasteiger partial charge in [0.1, 0.15) is 5.82 Å². The zero-order chi connectivity index (χ0) is 8.55. The summed E-state index contributed by atoms with van der Waals surface area (Å²) in [6.45, 7) is 1.33. The van der Waals surface area contributed by atoms with Gasteiger partial charge in [0.25, 0.3) is 0 Å². The molecule has 1 aromatic rings. The Kier molecular flexibility index (Phi) is 1.62. The largest absolute Gasteiger partial charge is 0.396 e. The number of nitrogens with zero attached hydrogens (tertiary/aromatic N) is 1. The van der Waals surface area contributed by atoms with Crippen LogP contribution in [-0.2, 0) is 17.8 Å². The van der Waals surface area contributed by atoms with Gasteiger partial charge in [-0.3, -0.25) is 0 Å². The molecular formula is C8H11N3O. The lowest BCUT2D eigenvalue weighted by atomic mass is 10.1. The third-order valence-electron chi connectivity index (χ3n) is 1.99. The summed E-state index contributed by atoms with van der Waals surface area (Å²) < 4.78 is 5.25. The van der Waals surface area contributed by atoms with Crippen molar-refractivity contribution in [1.82, 2.24) is 4.98 Å². The summed E-state index contributed by atoms with van der Waals surface area (Å²) in [5.41, 5.74) is 13.8. The molecule has 2 rings (SSSR count). The van der Waals surface area contributed by atoms with Crippen LogP contribution in [0.3, 0.4) is 0 Å². The quantitative estimate of drug-likeness (QED) is 0.580. The van der Waals surface area contributed by atoms with Gasteiger partial charge in [0.2, 0.25) is 0 Å². The van der Waals surface area contributed by atoms with Gasteiger partial charge in [0.15, 0.2) is 0 Å². The summed E-state index contributed by atoms with van der Waals surface area (Å²) >= 11 is 0. The minimum Gasteiger partial charge on any atom is -0.396 e. The molecule has 2 heterocycles. The number of fused-ring (bicyclic) bond motifs is 1. The van der Waals surface area contributed by atoms with Gasteiger partial charge in [0.05, 0.1) is 24.6 Å². The van der Waals surface area contributed by atoms with Crippen LogP contribution < -0.4 is 11.5 Å². The van der Waals surface area contributed by atoms with Crippen LogP contribution in [0.5, 0.6) is 0 Å². The van der Waals surface area contributed by atoms with Crippen LogP contribution in [0.15, 0.2) is 6.07 Å². The highest BCUT2D eigenvalue weighted by Crippen LogP contribution is 2.21. The number of nitrogen functional groups attached to an aromatic ring is 2. The summed E-state index contributed by atoms with van der Waals surface area (Å²) in [4.78, 5) is 4.19. The predicted octanol–water partition coefficient (Wildman–Crippen LogP) is 0.319. The van der Waals surface area contributed by atoms with Gasteiger partial charge in [-0.05, 0) is 6.07 Å². The number of pyridine rings is 1. The number of rotatable bonds is 0. The average Bonchev–Trinajstić information content (AvgIpc) is 2.07. The first-order valence-corrected chi connectivity index (χ1v) is 3.89. The Morgan fingerprint density at radius 3 is 3.08 bits per heavy atom. The van der Waals surface area contributed by atoms with Crippen LogP contribution in [-0.4, -0.2) is 11.6 Å². The Balaban J connectivity index is 2.49. The molecule has 4 N–H and O–H groups in total. The molecule has 1 aromatic heterocycles. The van der Waals surface area contributed by atoms with E-state index in [0.717, 1.165) is 24.3 Å². The highest BCUT2D eigenvalue weighted by atomic mass is 16.5. The molecule has 4 nitrogen and oxygen atoms in total. The van der Waals surface area contributed by atoms with Gasteiger partial charge in [-0.25, -0.2) is 4.98 Å². The van der Waals surface area contributed by atoms with Crippen molar-refractivity contribution in [3.05, 3.63) is 17.3 Å². The molecule has 0 aliphatic carbocycles. The van der Waals surface area contributed by atoms with E-state index in [1.54, 1.807) is 0 Å². The maximum Gasteiger partial charge on any atom is 0.146 e. The lowest BCUT2D eigenvalue weighted by Crippen LogP contribution is -2.13. The molecule has 0 unspecified atom stereocenters. The van der Waals surface area contributed by atoms with Gasteiger partial charge in [-0.2, -0.15) is 0 Å². The van der Waals surface area contributed by atoms with Crippen molar-refractivity contribution in [2.45, 2.75) is 13.0 Å². The van der Waals surface area contributed by atoms with E-state index in [2.05, 4.69) is 4.98 Å².